The van der Waals surface area contributed by atoms with E-state index in [1.807, 2.05) is 0 Å². The van der Waals surface area contributed by atoms with Crippen LogP contribution in [0, 0.1) is 0 Å². The third-order valence-electron chi connectivity index (χ3n) is 2.12. The highest BCUT2D eigenvalue weighted by atomic mass is 35.5. The first-order valence-corrected chi connectivity index (χ1v) is 5.20. The maximum absolute atomic E-state index is 11.7. The highest BCUT2D eigenvalue weighted by Gasteiger charge is 2.11. The standard InChI is InChI=1S/C11H9ClN2O3/c12-7-1-2-10(15)9(5-7)11(16)13-6-8-3-4-17-14-8/h1-5,15H,6H2,(H,13,16). The summed E-state index contributed by atoms with van der Waals surface area (Å²) in [4.78, 5) is 11.7. The van der Waals surface area contributed by atoms with E-state index >= 15 is 0 Å². The van der Waals surface area contributed by atoms with Gasteiger partial charge in [-0.3, -0.25) is 4.79 Å². The molecule has 5 nitrogen and oxygen atoms in total. The summed E-state index contributed by atoms with van der Waals surface area (Å²) in [5.74, 6) is -0.542. The van der Waals surface area contributed by atoms with Crippen molar-refractivity contribution in [3.63, 3.8) is 0 Å². The second-order valence-corrected chi connectivity index (χ2v) is 3.77. The van der Waals surface area contributed by atoms with Crippen molar-refractivity contribution in [1.82, 2.24) is 10.5 Å². The Kier molecular flexibility index (Phi) is 3.30. The molecule has 0 aliphatic carbocycles. The summed E-state index contributed by atoms with van der Waals surface area (Å²) in [5, 5.41) is 16.1. The molecule has 1 aromatic heterocycles. The molecule has 0 saturated carbocycles. The number of carbonyl (C=O) groups excluding carboxylic acids is 1. The van der Waals surface area contributed by atoms with Crippen LogP contribution in [0.25, 0.3) is 0 Å². The van der Waals surface area contributed by atoms with Crippen LogP contribution in [0.4, 0.5) is 0 Å². The van der Waals surface area contributed by atoms with Crippen molar-refractivity contribution in [3.8, 4) is 5.75 Å². The zero-order valence-electron chi connectivity index (χ0n) is 8.68. The van der Waals surface area contributed by atoms with Gasteiger partial charge in [0.25, 0.3) is 5.91 Å². The number of nitrogens with zero attached hydrogens (tertiary/aromatic N) is 1. The van der Waals surface area contributed by atoms with Crippen molar-refractivity contribution in [3.05, 3.63) is 46.8 Å². The molecule has 0 spiro atoms. The smallest absolute Gasteiger partial charge is 0.255 e. The molecule has 0 atom stereocenters. The van der Waals surface area contributed by atoms with Crippen LogP contribution in [0.1, 0.15) is 16.1 Å². The number of rotatable bonds is 3. The van der Waals surface area contributed by atoms with Gasteiger partial charge in [0.2, 0.25) is 0 Å². The Balaban J connectivity index is 2.07. The molecule has 6 heteroatoms. The van der Waals surface area contributed by atoms with Gasteiger partial charge < -0.3 is 14.9 Å². The van der Waals surface area contributed by atoms with Gasteiger partial charge in [-0.1, -0.05) is 16.8 Å². The molecule has 2 N–H and O–H groups in total. The maximum atomic E-state index is 11.7. The first kappa shape index (κ1) is 11.5. The van der Waals surface area contributed by atoms with Crippen LogP contribution < -0.4 is 5.32 Å². The zero-order valence-corrected chi connectivity index (χ0v) is 9.44. The fraction of sp³-hybridized carbons (Fsp3) is 0.0909. The van der Waals surface area contributed by atoms with Gasteiger partial charge in [-0.25, -0.2) is 0 Å². The van der Waals surface area contributed by atoms with Crippen molar-refractivity contribution in [2.45, 2.75) is 6.54 Å². The molecule has 1 heterocycles. The zero-order chi connectivity index (χ0) is 12.3. The number of hydrogen-bond donors (Lipinski definition) is 2. The van der Waals surface area contributed by atoms with Crippen LogP contribution in [0.5, 0.6) is 5.75 Å². The van der Waals surface area contributed by atoms with E-state index in [4.69, 9.17) is 11.6 Å². The molecule has 1 amide bonds. The molecule has 1 aromatic carbocycles. The lowest BCUT2D eigenvalue weighted by Crippen LogP contribution is -2.23. The summed E-state index contributed by atoms with van der Waals surface area (Å²) in [6, 6.07) is 5.91. The average Bonchev–Trinajstić information content (AvgIpc) is 2.82. The number of aromatic hydroxyl groups is 1. The minimum Gasteiger partial charge on any atom is -0.507 e. The van der Waals surface area contributed by atoms with Crippen LogP contribution in [0.3, 0.4) is 0 Å². The maximum Gasteiger partial charge on any atom is 0.255 e. The number of aromatic nitrogens is 1. The number of amides is 1. The molecule has 0 aliphatic heterocycles. The SMILES string of the molecule is O=C(NCc1ccon1)c1cc(Cl)ccc1O. The van der Waals surface area contributed by atoms with Gasteiger partial charge in [0.15, 0.2) is 0 Å². The van der Waals surface area contributed by atoms with E-state index in [-0.39, 0.29) is 17.9 Å². The molecule has 2 rings (SSSR count). The summed E-state index contributed by atoms with van der Waals surface area (Å²) < 4.78 is 4.62. The van der Waals surface area contributed by atoms with Crippen LogP contribution in [-0.2, 0) is 6.54 Å². The second-order valence-electron chi connectivity index (χ2n) is 3.33. The molecule has 0 unspecified atom stereocenters. The summed E-state index contributed by atoms with van der Waals surface area (Å²) in [7, 11) is 0. The Bertz CT molecular complexity index is 526. The van der Waals surface area contributed by atoms with Crippen molar-refractivity contribution in [1.29, 1.82) is 0 Å². The second kappa shape index (κ2) is 4.88. The molecule has 2 aromatic rings. The Hall–Kier alpha value is -2.01. The molecule has 0 radical (unpaired) electrons. The normalized spacial score (nSPS) is 10.2. The quantitative estimate of drug-likeness (QED) is 0.876. The molecule has 17 heavy (non-hydrogen) atoms. The van der Waals surface area contributed by atoms with Crippen LogP contribution >= 0.6 is 11.6 Å². The van der Waals surface area contributed by atoms with Gasteiger partial charge in [-0.15, -0.1) is 0 Å². The molecule has 0 aliphatic rings. The molecular weight excluding hydrogens is 244 g/mol. The van der Waals surface area contributed by atoms with E-state index in [0.717, 1.165) is 0 Å². The number of phenolic OH excluding ortho intramolecular Hbond substituents is 1. The summed E-state index contributed by atoms with van der Waals surface area (Å²) in [6.07, 6.45) is 1.42. The van der Waals surface area contributed by atoms with Gasteiger partial charge in [0.05, 0.1) is 12.1 Å². The lowest BCUT2D eigenvalue weighted by Gasteiger charge is -2.05. The lowest BCUT2D eigenvalue weighted by molar-refractivity contribution is 0.0947. The highest BCUT2D eigenvalue weighted by Crippen LogP contribution is 2.21. The van der Waals surface area contributed by atoms with Crippen LogP contribution in [-0.4, -0.2) is 16.2 Å². The molecule has 88 valence electrons. The minimum atomic E-state index is -0.423. The Morgan fingerprint density at radius 1 is 1.47 bits per heavy atom. The monoisotopic (exact) mass is 252 g/mol. The van der Waals surface area contributed by atoms with E-state index in [1.54, 1.807) is 6.07 Å². The molecular formula is C11H9ClN2O3. The van der Waals surface area contributed by atoms with E-state index in [9.17, 15) is 9.90 Å². The van der Waals surface area contributed by atoms with Gasteiger partial charge in [-0.2, -0.15) is 0 Å². The third kappa shape index (κ3) is 2.76. The van der Waals surface area contributed by atoms with E-state index in [1.165, 1.54) is 24.5 Å². The summed E-state index contributed by atoms with van der Waals surface area (Å²) >= 11 is 5.74. The largest absolute Gasteiger partial charge is 0.507 e. The predicted molar refractivity (Wildman–Crippen MR) is 60.8 cm³/mol. The number of carbonyl (C=O) groups is 1. The summed E-state index contributed by atoms with van der Waals surface area (Å²) in [6.45, 7) is 0.223. The average molecular weight is 253 g/mol. The Labute approximate surface area is 102 Å². The van der Waals surface area contributed by atoms with Gasteiger partial charge in [0, 0.05) is 11.1 Å². The lowest BCUT2D eigenvalue weighted by atomic mass is 10.2. The molecule has 0 fully saturated rings. The summed E-state index contributed by atoms with van der Waals surface area (Å²) in [5.41, 5.74) is 0.723. The number of benzene rings is 1. The Morgan fingerprint density at radius 3 is 3.00 bits per heavy atom. The predicted octanol–water partition coefficient (Wildman–Crippen LogP) is 1.96. The number of phenols is 1. The van der Waals surface area contributed by atoms with Crippen molar-refractivity contribution in [2.75, 3.05) is 0 Å². The first-order valence-electron chi connectivity index (χ1n) is 4.83. The molecule has 0 bridgehead atoms. The van der Waals surface area contributed by atoms with Crippen molar-refractivity contribution >= 4 is 17.5 Å². The van der Waals surface area contributed by atoms with Crippen molar-refractivity contribution < 1.29 is 14.4 Å². The number of halogens is 1. The van der Waals surface area contributed by atoms with Gasteiger partial charge >= 0.3 is 0 Å². The fourth-order valence-corrected chi connectivity index (χ4v) is 1.46. The van der Waals surface area contributed by atoms with Crippen LogP contribution in [0.2, 0.25) is 5.02 Å². The van der Waals surface area contributed by atoms with E-state index in [0.29, 0.717) is 10.7 Å². The Morgan fingerprint density at radius 2 is 2.29 bits per heavy atom. The highest BCUT2D eigenvalue weighted by molar-refractivity contribution is 6.31. The van der Waals surface area contributed by atoms with Crippen LogP contribution in [0.15, 0.2) is 35.1 Å². The molecule has 0 saturated heterocycles. The van der Waals surface area contributed by atoms with Gasteiger partial charge in [-0.05, 0) is 18.2 Å². The van der Waals surface area contributed by atoms with Gasteiger partial charge in [0.1, 0.15) is 17.7 Å². The minimum absolute atomic E-state index is 0.118. The fourth-order valence-electron chi connectivity index (χ4n) is 1.28. The van der Waals surface area contributed by atoms with Crippen molar-refractivity contribution in [2.24, 2.45) is 0 Å². The number of nitrogens with one attached hydrogen (secondary N) is 1. The van der Waals surface area contributed by atoms with E-state index < -0.39 is 5.91 Å². The first-order chi connectivity index (χ1) is 8.16. The van der Waals surface area contributed by atoms with E-state index in [2.05, 4.69) is 15.0 Å². The third-order valence-corrected chi connectivity index (χ3v) is 2.36. The topological polar surface area (TPSA) is 75.4 Å². The number of hydrogen-bond acceptors (Lipinski definition) is 4.